The van der Waals surface area contributed by atoms with Gasteiger partial charge in [0, 0.05) is 42.1 Å². The van der Waals surface area contributed by atoms with Crippen molar-refractivity contribution in [2.24, 2.45) is 5.73 Å². The van der Waals surface area contributed by atoms with E-state index in [0.29, 0.717) is 29.9 Å². The average Bonchev–Trinajstić information content (AvgIpc) is 3.53. The molecule has 3 aromatic carbocycles. The van der Waals surface area contributed by atoms with E-state index < -0.39 is 5.97 Å². The van der Waals surface area contributed by atoms with E-state index in [9.17, 15) is 4.79 Å². The molecule has 0 amide bonds. The molecule has 6 aromatic rings. The van der Waals surface area contributed by atoms with Gasteiger partial charge < -0.3 is 25.1 Å². The fourth-order valence-corrected chi connectivity index (χ4v) is 4.45. The summed E-state index contributed by atoms with van der Waals surface area (Å²) in [6.45, 7) is 2.88. The lowest BCUT2D eigenvalue weighted by Gasteiger charge is -2.08. The summed E-state index contributed by atoms with van der Waals surface area (Å²) in [6.07, 6.45) is 4.53. The van der Waals surface area contributed by atoms with Crippen LogP contribution in [0.1, 0.15) is 18.9 Å². The van der Waals surface area contributed by atoms with Crippen molar-refractivity contribution in [1.82, 2.24) is 24.7 Å². The number of carboxylic acids is 1. The molecule has 10 heteroatoms. The van der Waals surface area contributed by atoms with Crippen LogP contribution in [0.2, 0.25) is 0 Å². The molecule has 0 aliphatic rings. The molecule has 10 nitrogen and oxygen atoms in total. The van der Waals surface area contributed by atoms with Gasteiger partial charge in [-0.3, -0.25) is 14.7 Å². The summed E-state index contributed by atoms with van der Waals surface area (Å²) >= 11 is 0. The number of ether oxygens (including phenoxy) is 1. The zero-order valence-corrected chi connectivity index (χ0v) is 21.3. The number of H-pyrrole nitrogens is 2. The van der Waals surface area contributed by atoms with Crippen molar-refractivity contribution in [1.29, 1.82) is 0 Å². The number of aryl methyl sites for hydroxylation is 1. The Morgan fingerprint density at radius 1 is 1.10 bits per heavy atom. The Bertz CT molecular complexity index is 1820. The quantitative estimate of drug-likeness (QED) is 0.241. The summed E-state index contributed by atoms with van der Waals surface area (Å²) in [5.74, 6) is -0.0676. The van der Waals surface area contributed by atoms with Crippen LogP contribution in [0.25, 0.3) is 44.1 Å². The Labute approximate surface area is 223 Å². The highest BCUT2D eigenvalue weighted by molar-refractivity contribution is 5.98. The maximum atomic E-state index is 13.1. The Morgan fingerprint density at radius 2 is 1.90 bits per heavy atom. The number of aromatic nitrogens is 5. The number of nitrogens with two attached hydrogens (primary N) is 1. The molecule has 0 fully saturated rings. The molecule has 3 heterocycles. The third-order valence-electron chi connectivity index (χ3n) is 6.21. The second kappa shape index (κ2) is 11.2. The van der Waals surface area contributed by atoms with Crippen LogP contribution < -0.4 is 16.0 Å². The number of nitrogens with one attached hydrogen (secondary N) is 2. The maximum absolute atomic E-state index is 13.1. The SMILES string of the molecule is CC(=O)O.NCCCn1cc(-c2nc3cc4[nH]ncc4cc3[nH]c2=O)c2ccc(OCc3ccccc3)cc21. The first kappa shape index (κ1) is 25.7. The monoisotopic (exact) mass is 524 g/mol. The first-order valence-electron chi connectivity index (χ1n) is 12.5. The fourth-order valence-electron chi connectivity index (χ4n) is 4.45. The number of nitrogens with zero attached hydrogens (tertiary/aromatic N) is 3. The molecule has 0 aliphatic heterocycles. The lowest BCUT2D eigenvalue weighted by molar-refractivity contribution is -0.134. The molecule has 0 unspecified atom stereocenters. The minimum atomic E-state index is -0.833. The lowest BCUT2D eigenvalue weighted by atomic mass is 10.1. The zero-order valence-electron chi connectivity index (χ0n) is 21.3. The highest BCUT2D eigenvalue weighted by Gasteiger charge is 2.17. The van der Waals surface area contributed by atoms with Crippen molar-refractivity contribution in [2.75, 3.05) is 6.54 Å². The van der Waals surface area contributed by atoms with Gasteiger partial charge in [0.15, 0.2) is 0 Å². The first-order chi connectivity index (χ1) is 18.9. The van der Waals surface area contributed by atoms with Crippen LogP contribution in [0.5, 0.6) is 5.75 Å². The molecule has 6 rings (SSSR count). The largest absolute Gasteiger partial charge is 0.489 e. The number of hydrogen-bond acceptors (Lipinski definition) is 6. The van der Waals surface area contributed by atoms with Crippen molar-refractivity contribution >= 4 is 38.8 Å². The molecule has 5 N–H and O–H groups in total. The second-order valence-corrected chi connectivity index (χ2v) is 9.09. The van der Waals surface area contributed by atoms with E-state index in [0.717, 1.165) is 58.6 Å². The molecule has 0 radical (unpaired) electrons. The van der Waals surface area contributed by atoms with Crippen LogP contribution in [0.15, 0.2) is 77.9 Å². The fraction of sp³-hybridized carbons (Fsp3) is 0.172. The smallest absolute Gasteiger partial charge is 0.300 e. The number of aliphatic carboxylic acids is 1. The van der Waals surface area contributed by atoms with E-state index in [4.69, 9.17) is 25.4 Å². The van der Waals surface area contributed by atoms with E-state index in [1.54, 1.807) is 6.20 Å². The van der Waals surface area contributed by atoms with Crippen LogP contribution in [-0.4, -0.2) is 42.4 Å². The van der Waals surface area contributed by atoms with Gasteiger partial charge in [-0.25, -0.2) is 4.98 Å². The predicted molar refractivity (Wildman–Crippen MR) is 151 cm³/mol. The molecular weight excluding hydrogens is 496 g/mol. The summed E-state index contributed by atoms with van der Waals surface area (Å²) in [5.41, 5.74) is 11.0. The molecule has 0 saturated heterocycles. The van der Waals surface area contributed by atoms with Gasteiger partial charge in [0.2, 0.25) is 0 Å². The summed E-state index contributed by atoms with van der Waals surface area (Å²) in [6, 6.07) is 19.8. The van der Waals surface area contributed by atoms with Gasteiger partial charge in [-0.15, -0.1) is 0 Å². The second-order valence-electron chi connectivity index (χ2n) is 9.09. The minimum absolute atomic E-state index is 0.234. The van der Waals surface area contributed by atoms with Gasteiger partial charge in [0.1, 0.15) is 18.1 Å². The van der Waals surface area contributed by atoms with E-state index >= 15 is 0 Å². The lowest BCUT2D eigenvalue weighted by Crippen LogP contribution is -2.11. The number of rotatable bonds is 7. The summed E-state index contributed by atoms with van der Waals surface area (Å²) in [7, 11) is 0. The van der Waals surface area contributed by atoms with Gasteiger partial charge in [-0.05, 0) is 42.8 Å². The number of carboxylic acid groups (broad SMARTS) is 1. The standard InChI is InChI=1S/C27H24N6O2.C2H4O2/c28-9-4-10-33-15-21(20-8-7-19(12-25(20)33)35-16-17-5-2-1-3-6-17)26-27(34)31-23-11-18-14-29-32-22(18)13-24(23)30-26;1-2(3)4/h1-3,5-8,11-15H,4,9-10,16,28H2,(H,29,32)(H,31,34);1H3,(H,3,4). The van der Waals surface area contributed by atoms with Gasteiger partial charge in [0.05, 0.1) is 28.3 Å². The van der Waals surface area contributed by atoms with Crippen molar-refractivity contribution in [3.63, 3.8) is 0 Å². The molecule has 198 valence electrons. The van der Waals surface area contributed by atoms with Gasteiger partial charge >= 0.3 is 0 Å². The Balaban J connectivity index is 0.000000723. The molecular formula is C29H28N6O4. The summed E-state index contributed by atoms with van der Waals surface area (Å²) < 4.78 is 8.18. The van der Waals surface area contributed by atoms with Crippen LogP contribution >= 0.6 is 0 Å². The normalized spacial score (nSPS) is 11.0. The number of hydrogen-bond donors (Lipinski definition) is 4. The molecule has 0 bridgehead atoms. The number of aromatic amines is 2. The van der Waals surface area contributed by atoms with Crippen molar-refractivity contribution in [3.8, 4) is 17.0 Å². The minimum Gasteiger partial charge on any atom is -0.489 e. The highest BCUT2D eigenvalue weighted by Crippen LogP contribution is 2.32. The average molecular weight is 525 g/mol. The molecule has 0 aliphatic carbocycles. The molecule has 0 atom stereocenters. The Hall–Kier alpha value is -4.96. The number of carbonyl (C=O) groups is 1. The predicted octanol–water partition coefficient (Wildman–Crippen LogP) is 4.44. The van der Waals surface area contributed by atoms with Gasteiger partial charge in [-0.1, -0.05) is 30.3 Å². The highest BCUT2D eigenvalue weighted by atomic mass is 16.5. The van der Waals surface area contributed by atoms with Crippen molar-refractivity contribution in [3.05, 3.63) is 89.0 Å². The third-order valence-corrected chi connectivity index (χ3v) is 6.21. The maximum Gasteiger partial charge on any atom is 0.300 e. The molecule has 39 heavy (non-hydrogen) atoms. The Morgan fingerprint density at radius 3 is 2.67 bits per heavy atom. The van der Waals surface area contributed by atoms with E-state index in [2.05, 4.69) is 19.7 Å². The van der Waals surface area contributed by atoms with Crippen LogP contribution in [0.4, 0.5) is 0 Å². The van der Waals surface area contributed by atoms with Crippen LogP contribution in [0.3, 0.4) is 0 Å². The topological polar surface area (TPSA) is 152 Å². The summed E-state index contributed by atoms with van der Waals surface area (Å²) in [5, 5.41) is 16.3. The zero-order chi connectivity index (χ0) is 27.4. The third kappa shape index (κ3) is 5.65. The van der Waals surface area contributed by atoms with E-state index in [1.807, 2.05) is 66.9 Å². The molecule has 0 spiro atoms. The van der Waals surface area contributed by atoms with Crippen molar-refractivity contribution in [2.45, 2.75) is 26.5 Å². The Kier molecular flexibility index (Phi) is 7.37. The van der Waals surface area contributed by atoms with Crippen LogP contribution in [0, 0.1) is 0 Å². The van der Waals surface area contributed by atoms with E-state index in [-0.39, 0.29) is 5.56 Å². The molecule has 3 aromatic heterocycles. The van der Waals surface area contributed by atoms with Crippen LogP contribution in [-0.2, 0) is 17.9 Å². The van der Waals surface area contributed by atoms with E-state index in [1.165, 1.54) is 0 Å². The number of benzene rings is 3. The van der Waals surface area contributed by atoms with Gasteiger partial charge in [0.25, 0.3) is 11.5 Å². The first-order valence-corrected chi connectivity index (χ1v) is 12.5. The molecule has 0 saturated carbocycles. The summed E-state index contributed by atoms with van der Waals surface area (Å²) in [4.78, 5) is 29.9. The van der Waals surface area contributed by atoms with Crippen molar-refractivity contribution < 1.29 is 14.6 Å². The van der Waals surface area contributed by atoms with Gasteiger partial charge in [-0.2, -0.15) is 5.10 Å². The number of fused-ring (bicyclic) bond motifs is 3.